The number of hydrogen-bond donors (Lipinski definition) is 1. The number of piperazine rings is 1. The van der Waals surface area contributed by atoms with Gasteiger partial charge in [0.2, 0.25) is 0 Å². The van der Waals surface area contributed by atoms with Crippen LogP contribution in [0, 0.1) is 5.82 Å². The lowest BCUT2D eigenvalue weighted by Crippen LogP contribution is -2.52. The van der Waals surface area contributed by atoms with Crippen LogP contribution in [0.1, 0.15) is 16.9 Å². The largest absolute Gasteiger partial charge is 0.396 e. The average molecular weight is 360 g/mol. The van der Waals surface area contributed by atoms with E-state index in [2.05, 4.69) is 33.4 Å². The molecular formula is C20H25FN2OS. The molecule has 1 unspecified atom stereocenters. The van der Waals surface area contributed by atoms with Crippen molar-refractivity contribution < 1.29 is 9.50 Å². The molecule has 0 radical (unpaired) electrons. The summed E-state index contributed by atoms with van der Waals surface area (Å²) in [5, 5.41) is 11.5. The first-order valence-corrected chi connectivity index (χ1v) is 9.64. The molecule has 1 aromatic heterocycles. The van der Waals surface area contributed by atoms with Crippen LogP contribution in [0.4, 0.5) is 4.39 Å². The van der Waals surface area contributed by atoms with Crippen molar-refractivity contribution in [3.8, 4) is 0 Å². The third-order valence-electron chi connectivity index (χ3n) is 4.63. The summed E-state index contributed by atoms with van der Waals surface area (Å²) >= 11 is 1.79. The third-order valence-corrected chi connectivity index (χ3v) is 5.50. The minimum absolute atomic E-state index is 0.203. The average Bonchev–Trinajstić information content (AvgIpc) is 3.12. The molecule has 1 N–H and O–H groups in total. The fourth-order valence-electron chi connectivity index (χ4n) is 3.27. The Morgan fingerprint density at radius 1 is 1.20 bits per heavy atom. The molecule has 0 spiro atoms. The Kier molecular flexibility index (Phi) is 6.76. The lowest BCUT2D eigenvalue weighted by atomic mass is 10.1. The molecule has 2 aromatic rings. The Bertz CT molecular complexity index is 657. The predicted octanol–water partition coefficient (Wildman–Crippen LogP) is 3.47. The number of aliphatic hydroxyl groups is 1. The molecule has 0 saturated carbocycles. The van der Waals surface area contributed by atoms with Gasteiger partial charge in [-0.25, -0.2) is 4.39 Å². The normalized spacial score (nSPS) is 19.7. The Balaban J connectivity index is 1.53. The molecule has 3 rings (SSSR count). The van der Waals surface area contributed by atoms with Gasteiger partial charge in [-0.15, -0.1) is 11.3 Å². The van der Waals surface area contributed by atoms with Gasteiger partial charge in [-0.05, 0) is 35.6 Å². The van der Waals surface area contributed by atoms with Gasteiger partial charge in [0.15, 0.2) is 0 Å². The van der Waals surface area contributed by atoms with Gasteiger partial charge in [0.05, 0.1) is 0 Å². The van der Waals surface area contributed by atoms with Crippen molar-refractivity contribution in [1.82, 2.24) is 9.80 Å². The van der Waals surface area contributed by atoms with Crippen molar-refractivity contribution in [1.29, 1.82) is 0 Å². The maximum Gasteiger partial charge on any atom is 0.123 e. The summed E-state index contributed by atoms with van der Waals surface area (Å²) < 4.78 is 12.9. The molecule has 1 aliphatic heterocycles. The SMILES string of the molecule is OCCC1CN(CC=Cc2ccc(F)cc2)CCN1Cc1cccs1. The molecule has 1 atom stereocenters. The molecule has 25 heavy (non-hydrogen) atoms. The number of thiophene rings is 1. The molecule has 1 saturated heterocycles. The molecule has 0 aliphatic carbocycles. The molecule has 134 valence electrons. The highest BCUT2D eigenvalue weighted by Crippen LogP contribution is 2.19. The Labute approximate surface area is 153 Å². The van der Waals surface area contributed by atoms with Gasteiger partial charge in [-0.1, -0.05) is 30.4 Å². The highest BCUT2D eigenvalue weighted by molar-refractivity contribution is 7.09. The summed E-state index contributed by atoms with van der Waals surface area (Å²) in [7, 11) is 0. The Morgan fingerprint density at radius 2 is 2.04 bits per heavy atom. The van der Waals surface area contributed by atoms with Gasteiger partial charge in [0.25, 0.3) is 0 Å². The summed E-state index contributed by atoms with van der Waals surface area (Å²) in [4.78, 5) is 6.29. The highest BCUT2D eigenvalue weighted by Gasteiger charge is 2.26. The second-order valence-electron chi connectivity index (χ2n) is 6.43. The fraction of sp³-hybridized carbons (Fsp3) is 0.400. The van der Waals surface area contributed by atoms with E-state index in [-0.39, 0.29) is 12.4 Å². The van der Waals surface area contributed by atoms with Crippen LogP contribution in [-0.4, -0.2) is 53.7 Å². The van der Waals surface area contributed by atoms with Crippen LogP contribution in [0.5, 0.6) is 0 Å². The second kappa shape index (κ2) is 9.25. The zero-order valence-corrected chi connectivity index (χ0v) is 15.2. The van der Waals surface area contributed by atoms with E-state index in [0.29, 0.717) is 6.04 Å². The molecule has 5 heteroatoms. The van der Waals surface area contributed by atoms with Crippen LogP contribution >= 0.6 is 11.3 Å². The van der Waals surface area contributed by atoms with Gasteiger partial charge in [-0.2, -0.15) is 0 Å². The lowest BCUT2D eigenvalue weighted by Gasteiger charge is -2.41. The van der Waals surface area contributed by atoms with E-state index in [9.17, 15) is 9.50 Å². The van der Waals surface area contributed by atoms with E-state index >= 15 is 0 Å². The summed E-state index contributed by atoms with van der Waals surface area (Å²) in [6.45, 7) is 5.10. The van der Waals surface area contributed by atoms with Crippen molar-refractivity contribution in [2.24, 2.45) is 0 Å². The van der Waals surface area contributed by atoms with Gasteiger partial charge in [0, 0.05) is 50.2 Å². The van der Waals surface area contributed by atoms with Gasteiger partial charge < -0.3 is 5.11 Å². The Hall–Kier alpha value is -1.53. The van der Waals surface area contributed by atoms with Gasteiger partial charge >= 0.3 is 0 Å². The molecule has 0 amide bonds. The molecule has 1 aliphatic rings. The highest BCUT2D eigenvalue weighted by atomic mass is 32.1. The maximum atomic E-state index is 12.9. The number of rotatable bonds is 7. The summed E-state index contributed by atoms with van der Waals surface area (Å²) in [6.07, 6.45) is 4.99. The van der Waals surface area contributed by atoms with E-state index in [1.54, 1.807) is 23.5 Å². The maximum absolute atomic E-state index is 12.9. The second-order valence-corrected chi connectivity index (χ2v) is 7.46. The zero-order valence-electron chi connectivity index (χ0n) is 14.4. The monoisotopic (exact) mass is 360 g/mol. The topological polar surface area (TPSA) is 26.7 Å². The van der Waals surface area contributed by atoms with Crippen molar-refractivity contribution in [2.45, 2.75) is 19.0 Å². The van der Waals surface area contributed by atoms with E-state index in [1.807, 2.05) is 6.08 Å². The molecule has 0 bridgehead atoms. The fourth-order valence-corrected chi connectivity index (χ4v) is 4.00. The number of benzene rings is 1. The summed E-state index contributed by atoms with van der Waals surface area (Å²) in [5.41, 5.74) is 1.02. The lowest BCUT2D eigenvalue weighted by molar-refractivity contribution is 0.0604. The number of nitrogens with zero attached hydrogens (tertiary/aromatic N) is 2. The smallest absolute Gasteiger partial charge is 0.123 e. The van der Waals surface area contributed by atoms with Crippen LogP contribution < -0.4 is 0 Å². The van der Waals surface area contributed by atoms with Crippen LogP contribution in [0.15, 0.2) is 47.9 Å². The van der Waals surface area contributed by atoms with Crippen molar-refractivity contribution in [3.05, 3.63) is 64.1 Å². The minimum Gasteiger partial charge on any atom is -0.396 e. The van der Waals surface area contributed by atoms with Crippen molar-refractivity contribution in [3.63, 3.8) is 0 Å². The van der Waals surface area contributed by atoms with E-state index in [1.165, 1.54) is 17.0 Å². The standard InChI is InChI=1S/C20H25FN2OS/c21-18-7-5-17(6-8-18)3-1-10-22-11-12-23(19(15-22)9-13-24)16-20-4-2-14-25-20/h1-8,14,19,24H,9-13,15-16H2. The molecule has 2 heterocycles. The number of halogens is 1. The van der Waals surface area contributed by atoms with Crippen molar-refractivity contribution >= 4 is 17.4 Å². The van der Waals surface area contributed by atoms with Crippen LogP contribution in [0.25, 0.3) is 6.08 Å². The van der Waals surface area contributed by atoms with Crippen molar-refractivity contribution in [2.75, 3.05) is 32.8 Å². The van der Waals surface area contributed by atoms with E-state index in [4.69, 9.17) is 0 Å². The molecule has 1 aromatic carbocycles. The molecular weight excluding hydrogens is 335 g/mol. The minimum atomic E-state index is -0.203. The summed E-state index contributed by atoms with van der Waals surface area (Å²) in [6, 6.07) is 11.2. The van der Waals surface area contributed by atoms with E-state index < -0.39 is 0 Å². The van der Waals surface area contributed by atoms with E-state index in [0.717, 1.165) is 44.7 Å². The predicted molar refractivity (Wildman–Crippen MR) is 102 cm³/mol. The van der Waals surface area contributed by atoms with Gasteiger partial charge in [-0.3, -0.25) is 9.80 Å². The summed E-state index contributed by atoms with van der Waals surface area (Å²) in [5.74, 6) is -0.203. The quantitative estimate of drug-likeness (QED) is 0.819. The van der Waals surface area contributed by atoms with Crippen LogP contribution in [0.3, 0.4) is 0 Å². The first-order chi connectivity index (χ1) is 12.2. The first-order valence-electron chi connectivity index (χ1n) is 8.76. The third kappa shape index (κ3) is 5.47. The molecule has 1 fully saturated rings. The Morgan fingerprint density at radius 3 is 2.76 bits per heavy atom. The van der Waals surface area contributed by atoms with Gasteiger partial charge in [0.1, 0.15) is 5.82 Å². The number of aliphatic hydroxyl groups excluding tert-OH is 1. The van der Waals surface area contributed by atoms with Crippen LogP contribution in [-0.2, 0) is 6.54 Å². The number of hydrogen-bond acceptors (Lipinski definition) is 4. The first kappa shape index (κ1) is 18.3. The van der Waals surface area contributed by atoms with Crippen LogP contribution in [0.2, 0.25) is 0 Å². The zero-order chi connectivity index (χ0) is 17.5. The molecule has 3 nitrogen and oxygen atoms in total.